The average molecular weight is 312 g/mol. The minimum absolute atomic E-state index is 0.0823. The molecule has 0 amide bonds. The molecule has 2 aromatic carbocycles. The molecule has 0 aromatic heterocycles. The van der Waals surface area contributed by atoms with Crippen molar-refractivity contribution in [3.63, 3.8) is 0 Å². The van der Waals surface area contributed by atoms with Crippen molar-refractivity contribution in [2.75, 3.05) is 20.3 Å². The Morgan fingerprint density at radius 2 is 1.65 bits per heavy atom. The summed E-state index contributed by atoms with van der Waals surface area (Å²) >= 11 is 0. The van der Waals surface area contributed by atoms with E-state index in [4.69, 9.17) is 20.6 Å². The van der Waals surface area contributed by atoms with Crippen molar-refractivity contribution in [1.29, 1.82) is 0 Å². The quantitative estimate of drug-likeness (QED) is 0.762. The van der Waals surface area contributed by atoms with E-state index in [1.807, 2.05) is 42.5 Å². The zero-order valence-corrected chi connectivity index (χ0v) is 13.0. The van der Waals surface area contributed by atoms with Crippen molar-refractivity contribution < 1.29 is 19.3 Å². The minimum atomic E-state index is -0.792. The van der Waals surface area contributed by atoms with Crippen LogP contribution >= 0.6 is 0 Å². The summed E-state index contributed by atoms with van der Waals surface area (Å²) < 4.78 is 16.3. The van der Waals surface area contributed by atoms with Gasteiger partial charge in [0.15, 0.2) is 11.5 Å². The summed E-state index contributed by atoms with van der Waals surface area (Å²) in [5.74, 6) is 3.76. The molecule has 0 heterocycles. The summed E-state index contributed by atoms with van der Waals surface area (Å²) in [4.78, 5) is 0. The van der Waals surface area contributed by atoms with Crippen LogP contribution in [-0.4, -0.2) is 31.5 Å². The number of benzene rings is 2. The molecule has 0 spiro atoms. The van der Waals surface area contributed by atoms with Gasteiger partial charge < -0.3 is 19.3 Å². The molecule has 23 heavy (non-hydrogen) atoms. The first-order chi connectivity index (χ1) is 11.2. The van der Waals surface area contributed by atoms with Crippen molar-refractivity contribution >= 4 is 0 Å². The van der Waals surface area contributed by atoms with Crippen molar-refractivity contribution in [1.82, 2.24) is 0 Å². The zero-order chi connectivity index (χ0) is 16.5. The van der Waals surface area contributed by atoms with Gasteiger partial charge in [0.1, 0.15) is 18.8 Å². The molecule has 2 rings (SSSR count). The van der Waals surface area contributed by atoms with E-state index >= 15 is 0 Å². The number of hydrogen-bond acceptors (Lipinski definition) is 4. The van der Waals surface area contributed by atoms with Crippen LogP contribution in [0.25, 0.3) is 0 Å². The minimum Gasteiger partial charge on any atom is -0.493 e. The second-order valence-corrected chi connectivity index (χ2v) is 4.91. The highest BCUT2D eigenvalue weighted by atomic mass is 16.5. The number of ether oxygens (including phenoxy) is 3. The Morgan fingerprint density at radius 1 is 1.00 bits per heavy atom. The summed E-state index contributed by atoms with van der Waals surface area (Å²) in [6, 6.07) is 16.7. The highest BCUT2D eigenvalue weighted by Crippen LogP contribution is 2.25. The van der Waals surface area contributed by atoms with Crippen LogP contribution in [0.15, 0.2) is 54.6 Å². The number of aliphatic hydroxyl groups is 1. The second-order valence-electron chi connectivity index (χ2n) is 4.91. The van der Waals surface area contributed by atoms with Gasteiger partial charge in [-0.15, -0.1) is 6.42 Å². The van der Waals surface area contributed by atoms with E-state index in [1.54, 1.807) is 19.2 Å². The van der Waals surface area contributed by atoms with Gasteiger partial charge in [-0.25, -0.2) is 0 Å². The third-order valence-corrected chi connectivity index (χ3v) is 3.21. The maximum atomic E-state index is 10.0. The van der Waals surface area contributed by atoms with Crippen LogP contribution in [0.2, 0.25) is 0 Å². The van der Waals surface area contributed by atoms with Gasteiger partial charge in [0, 0.05) is 0 Å². The number of methoxy groups -OCH3 is 1. The highest BCUT2D eigenvalue weighted by Gasteiger charge is 2.13. The van der Waals surface area contributed by atoms with E-state index in [1.165, 1.54) is 0 Å². The summed E-state index contributed by atoms with van der Waals surface area (Å²) in [5.41, 5.74) is 0.882. The lowest BCUT2D eigenvalue weighted by molar-refractivity contribution is -0.00730. The largest absolute Gasteiger partial charge is 0.493 e. The topological polar surface area (TPSA) is 47.9 Å². The molecule has 0 aliphatic rings. The summed E-state index contributed by atoms with van der Waals surface area (Å²) in [6.07, 6.45) is 4.21. The van der Waals surface area contributed by atoms with Crippen LogP contribution in [0.3, 0.4) is 0 Å². The first-order valence-electron chi connectivity index (χ1n) is 7.31. The number of hydrogen-bond donors (Lipinski definition) is 1. The predicted octanol–water partition coefficient (Wildman–Crippen LogP) is 2.83. The monoisotopic (exact) mass is 312 g/mol. The molecule has 0 bridgehead atoms. The normalized spacial score (nSPS) is 12.9. The van der Waals surface area contributed by atoms with Crippen molar-refractivity contribution in [3.8, 4) is 23.8 Å². The molecule has 0 saturated carbocycles. The first-order valence-corrected chi connectivity index (χ1v) is 7.31. The van der Waals surface area contributed by atoms with Gasteiger partial charge in [-0.1, -0.05) is 48.4 Å². The lowest BCUT2D eigenvalue weighted by Gasteiger charge is -2.17. The van der Waals surface area contributed by atoms with Gasteiger partial charge in [0.25, 0.3) is 0 Å². The maximum absolute atomic E-state index is 10.0. The maximum Gasteiger partial charge on any atom is 0.161 e. The molecule has 0 saturated heterocycles. The second kappa shape index (κ2) is 8.84. The molecule has 1 unspecified atom stereocenters. The lowest BCUT2D eigenvalue weighted by Crippen LogP contribution is -2.24. The van der Waals surface area contributed by atoms with Gasteiger partial charge in [0.2, 0.25) is 0 Å². The fraction of sp³-hybridized carbons (Fsp3) is 0.263. The lowest BCUT2D eigenvalue weighted by atomic mass is 10.1. The molecule has 1 N–H and O–H groups in total. The number of para-hydroxylation sites is 2. The van der Waals surface area contributed by atoms with Gasteiger partial charge in [-0.3, -0.25) is 0 Å². The van der Waals surface area contributed by atoms with Gasteiger partial charge in [-0.2, -0.15) is 0 Å². The summed E-state index contributed by atoms with van der Waals surface area (Å²) in [5, 5.41) is 10.0. The van der Waals surface area contributed by atoms with Crippen molar-refractivity contribution in [3.05, 3.63) is 60.2 Å². The molecule has 4 nitrogen and oxygen atoms in total. The standard InChI is InChI=1S/C19H20O4/c1-3-17(15-9-5-4-6-10-15)22-13-16(20)14-23-19-12-8-7-11-18(19)21-2/h1,4-12,16-17,20H,13-14H2,2H3/t16?,17-/m0/s1. The fourth-order valence-corrected chi connectivity index (χ4v) is 2.05. The molecule has 2 aromatic rings. The van der Waals surface area contributed by atoms with E-state index in [9.17, 15) is 5.11 Å². The smallest absolute Gasteiger partial charge is 0.161 e. The van der Waals surface area contributed by atoms with Gasteiger partial charge in [0.05, 0.1) is 13.7 Å². The molecule has 4 heteroatoms. The summed E-state index contributed by atoms with van der Waals surface area (Å²) in [6.45, 7) is 0.172. The number of rotatable bonds is 8. The first kappa shape index (κ1) is 16.9. The molecule has 0 fully saturated rings. The Balaban J connectivity index is 1.83. The van der Waals surface area contributed by atoms with Crippen LogP contribution in [-0.2, 0) is 4.74 Å². The molecular weight excluding hydrogens is 292 g/mol. The molecule has 0 aliphatic heterocycles. The Bertz CT molecular complexity index is 633. The number of terminal acetylenes is 1. The van der Waals surface area contributed by atoms with E-state index in [0.717, 1.165) is 5.56 Å². The number of aliphatic hydroxyl groups excluding tert-OH is 1. The predicted molar refractivity (Wildman–Crippen MR) is 88.5 cm³/mol. The van der Waals surface area contributed by atoms with Gasteiger partial charge >= 0.3 is 0 Å². The Hall–Kier alpha value is -2.48. The Kier molecular flexibility index (Phi) is 6.49. The van der Waals surface area contributed by atoms with Crippen LogP contribution in [0.1, 0.15) is 11.7 Å². The molecule has 0 aliphatic carbocycles. The van der Waals surface area contributed by atoms with E-state index in [2.05, 4.69) is 5.92 Å². The van der Waals surface area contributed by atoms with Crippen LogP contribution in [0, 0.1) is 12.3 Å². The van der Waals surface area contributed by atoms with E-state index in [-0.39, 0.29) is 13.2 Å². The highest BCUT2D eigenvalue weighted by molar-refractivity contribution is 5.39. The molecule has 2 atom stereocenters. The summed E-state index contributed by atoms with van der Waals surface area (Å²) in [7, 11) is 1.57. The molecule has 0 radical (unpaired) electrons. The van der Waals surface area contributed by atoms with Crippen LogP contribution in [0.4, 0.5) is 0 Å². The Morgan fingerprint density at radius 3 is 2.30 bits per heavy atom. The van der Waals surface area contributed by atoms with E-state index < -0.39 is 12.2 Å². The third-order valence-electron chi connectivity index (χ3n) is 3.21. The Labute approximate surface area is 136 Å². The molecule has 120 valence electrons. The van der Waals surface area contributed by atoms with Crippen molar-refractivity contribution in [2.45, 2.75) is 12.2 Å². The van der Waals surface area contributed by atoms with Crippen LogP contribution < -0.4 is 9.47 Å². The fourth-order valence-electron chi connectivity index (χ4n) is 2.05. The van der Waals surface area contributed by atoms with E-state index in [0.29, 0.717) is 11.5 Å². The van der Waals surface area contributed by atoms with Crippen LogP contribution in [0.5, 0.6) is 11.5 Å². The average Bonchev–Trinajstić information content (AvgIpc) is 2.61. The third kappa shape index (κ3) is 5.03. The molecular formula is C19H20O4. The van der Waals surface area contributed by atoms with Gasteiger partial charge in [-0.05, 0) is 17.7 Å². The van der Waals surface area contributed by atoms with Crippen molar-refractivity contribution in [2.24, 2.45) is 0 Å². The SMILES string of the molecule is C#C[C@H](OCC(O)COc1ccccc1OC)c1ccccc1. The zero-order valence-electron chi connectivity index (χ0n) is 13.0.